The number of hydrogen-bond acceptors (Lipinski definition) is 5. The highest BCUT2D eigenvalue weighted by atomic mass is 32.2. The molecule has 0 spiro atoms. The lowest BCUT2D eigenvalue weighted by Gasteiger charge is -2.30. The smallest absolute Gasteiger partial charge is 0.337 e. The van der Waals surface area contributed by atoms with Crippen molar-refractivity contribution in [3.05, 3.63) is 23.8 Å². The number of anilines is 1. The molecule has 0 fully saturated rings. The highest BCUT2D eigenvalue weighted by Gasteiger charge is 2.28. The molecule has 6 nitrogen and oxygen atoms in total. The van der Waals surface area contributed by atoms with Gasteiger partial charge in [0.1, 0.15) is 4.90 Å². The summed E-state index contributed by atoms with van der Waals surface area (Å²) < 4.78 is 30.8. The van der Waals surface area contributed by atoms with Crippen molar-refractivity contribution in [3.63, 3.8) is 0 Å². The highest BCUT2D eigenvalue weighted by Crippen LogP contribution is 2.29. The van der Waals surface area contributed by atoms with Crippen LogP contribution in [0, 0.1) is 0 Å². The zero-order valence-corrected chi connectivity index (χ0v) is 11.0. The molecule has 1 heterocycles. The van der Waals surface area contributed by atoms with E-state index in [1.54, 1.807) is 12.1 Å². The molecule has 7 heteroatoms. The molecule has 1 aliphatic heterocycles. The lowest BCUT2D eigenvalue weighted by molar-refractivity contribution is 0.0600. The quantitative estimate of drug-likeness (QED) is 0.794. The lowest BCUT2D eigenvalue weighted by Crippen LogP contribution is -2.43. The van der Waals surface area contributed by atoms with Crippen LogP contribution in [0.3, 0.4) is 0 Å². The van der Waals surface area contributed by atoms with Gasteiger partial charge in [0, 0.05) is 6.54 Å². The van der Waals surface area contributed by atoms with Crippen molar-refractivity contribution >= 4 is 21.7 Å². The molecule has 0 saturated heterocycles. The minimum Gasteiger partial charge on any atom is -0.465 e. The number of nitrogens with one attached hydrogen (secondary N) is 1. The Morgan fingerprint density at radius 1 is 1.50 bits per heavy atom. The standard InChI is InChI=1S/C11H14N2O4S/c1-3-13-7-12-18(15,16)10-6-8(11(14)17-2)4-5-9(10)13/h4-6,12H,3,7H2,1-2H3. The maximum Gasteiger partial charge on any atom is 0.337 e. The van der Waals surface area contributed by atoms with Crippen molar-refractivity contribution in [1.82, 2.24) is 4.72 Å². The minimum absolute atomic E-state index is 0.110. The summed E-state index contributed by atoms with van der Waals surface area (Å²) in [6, 6.07) is 4.53. The fourth-order valence-corrected chi connectivity index (χ4v) is 3.08. The Morgan fingerprint density at radius 3 is 2.83 bits per heavy atom. The summed E-state index contributed by atoms with van der Waals surface area (Å²) >= 11 is 0. The maximum absolute atomic E-state index is 11.9. The van der Waals surface area contributed by atoms with Crippen molar-refractivity contribution in [2.24, 2.45) is 0 Å². The second kappa shape index (κ2) is 4.58. The molecular formula is C11H14N2O4S. The van der Waals surface area contributed by atoms with E-state index in [1.165, 1.54) is 13.2 Å². The third-order valence-electron chi connectivity index (χ3n) is 2.84. The van der Waals surface area contributed by atoms with E-state index < -0.39 is 16.0 Å². The topological polar surface area (TPSA) is 75.7 Å². The fourth-order valence-electron chi connectivity index (χ4n) is 1.84. The van der Waals surface area contributed by atoms with Gasteiger partial charge in [-0.1, -0.05) is 0 Å². The van der Waals surface area contributed by atoms with Crippen LogP contribution in [0.4, 0.5) is 5.69 Å². The van der Waals surface area contributed by atoms with Crippen LogP contribution in [-0.4, -0.2) is 34.7 Å². The number of carbonyl (C=O) groups excluding carboxylic acids is 1. The first kappa shape index (κ1) is 12.8. The van der Waals surface area contributed by atoms with Gasteiger partial charge in [-0.3, -0.25) is 0 Å². The highest BCUT2D eigenvalue weighted by molar-refractivity contribution is 7.89. The summed E-state index contributed by atoms with van der Waals surface area (Å²) in [5, 5.41) is 0. The number of rotatable bonds is 2. The molecule has 0 aromatic heterocycles. The molecule has 0 saturated carbocycles. The Hall–Kier alpha value is -1.60. The number of methoxy groups -OCH3 is 1. The number of hydrogen-bond donors (Lipinski definition) is 1. The van der Waals surface area contributed by atoms with Crippen LogP contribution in [0.2, 0.25) is 0 Å². The molecule has 1 N–H and O–H groups in total. The first-order valence-electron chi connectivity index (χ1n) is 5.46. The molecule has 1 aliphatic rings. The second-order valence-electron chi connectivity index (χ2n) is 3.84. The van der Waals surface area contributed by atoms with E-state index in [9.17, 15) is 13.2 Å². The summed E-state index contributed by atoms with van der Waals surface area (Å²) in [6.07, 6.45) is 0. The van der Waals surface area contributed by atoms with Gasteiger partial charge >= 0.3 is 5.97 Å². The van der Waals surface area contributed by atoms with E-state index >= 15 is 0 Å². The van der Waals surface area contributed by atoms with Crippen LogP contribution in [0.25, 0.3) is 0 Å². The van der Waals surface area contributed by atoms with Gasteiger partial charge in [0.25, 0.3) is 0 Å². The predicted molar refractivity (Wildman–Crippen MR) is 66.0 cm³/mol. The van der Waals surface area contributed by atoms with E-state index in [0.717, 1.165) is 0 Å². The van der Waals surface area contributed by atoms with Crippen molar-refractivity contribution in [3.8, 4) is 0 Å². The van der Waals surface area contributed by atoms with Crippen molar-refractivity contribution < 1.29 is 17.9 Å². The third-order valence-corrected chi connectivity index (χ3v) is 4.25. The van der Waals surface area contributed by atoms with E-state index in [2.05, 4.69) is 9.46 Å². The van der Waals surface area contributed by atoms with Gasteiger partial charge < -0.3 is 9.64 Å². The second-order valence-corrected chi connectivity index (χ2v) is 5.57. The summed E-state index contributed by atoms with van der Waals surface area (Å²) in [4.78, 5) is 13.4. The van der Waals surface area contributed by atoms with Gasteiger partial charge in [-0.2, -0.15) is 4.72 Å². The molecule has 1 aromatic carbocycles. The fraction of sp³-hybridized carbons (Fsp3) is 0.364. The largest absolute Gasteiger partial charge is 0.465 e. The number of ether oxygens (including phenoxy) is 1. The van der Waals surface area contributed by atoms with Crippen LogP contribution in [0.15, 0.2) is 23.1 Å². The van der Waals surface area contributed by atoms with E-state index in [1.807, 2.05) is 11.8 Å². The van der Waals surface area contributed by atoms with Crippen LogP contribution < -0.4 is 9.62 Å². The average molecular weight is 270 g/mol. The molecule has 0 unspecified atom stereocenters. The van der Waals surface area contributed by atoms with Gasteiger partial charge in [0.2, 0.25) is 10.0 Å². The van der Waals surface area contributed by atoms with Gasteiger partial charge in [-0.15, -0.1) is 0 Å². The van der Waals surface area contributed by atoms with Crippen molar-refractivity contribution in [2.45, 2.75) is 11.8 Å². The molecule has 0 radical (unpaired) electrons. The molecule has 0 atom stereocenters. The normalized spacial score (nSPS) is 17.1. The zero-order valence-electron chi connectivity index (χ0n) is 10.1. The number of benzene rings is 1. The molecule has 18 heavy (non-hydrogen) atoms. The Morgan fingerprint density at radius 2 is 2.22 bits per heavy atom. The Balaban J connectivity index is 2.58. The molecular weight excluding hydrogens is 256 g/mol. The van der Waals surface area contributed by atoms with Gasteiger partial charge in [-0.05, 0) is 25.1 Å². The van der Waals surface area contributed by atoms with Crippen molar-refractivity contribution in [1.29, 1.82) is 0 Å². The number of esters is 1. The van der Waals surface area contributed by atoms with Crippen LogP contribution in [0.5, 0.6) is 0 Å². The van der Waals surface area contributed by atoms with E-state index in [0.29, 0.717) is 12.2 Å². The van der Waals surface area contributed by atoms with Gasteiger partial charge in [-0.25, -0.2) is 13.2 Å². The molecule has 2 rings (SSSR count). The molecule has 1 aromatic rings. The van der Waals surface area contributed by atoms with Gasteiger partial charge in [0.15, 0.2) is 0 Å². The summed E-state index contributed by atoms with van der Waals surface area (Å²) in [7, 11) is -2.29. The number of sulfonamides is 1. The third kappa shape index (κ3) is 2.06. The molecule has 98 valence electrons. The predicted octanol–water partition coefficient (Wildman–Crippen LogP) is 0.549. The first-order chi connectivity index (χ1) is 8.49. The van der Waals surface area contributed by atoms with Gasteiger partial charge in [0.05, 0.1) is 25.0 Å². The zero-order chi connectivity index (χ0) is 13.3. The van der Waals surface area contributed by atoms with E-state index in [4.69, 9.17) is 0 Å². The Labute approximate surface area is 106 Å². The summed E-state index contributed by atoms with van der Waals surface area (Å²) in [6.45, 7) is 2.84. The number of carbonyl (C=O) groups is 1. The number of nitrogens with zero attached hydrogens (tertiary/aromatic N) is 1. The lowest BCUT2D eigenvalue weighted by atomic mass is 10.2. The summed E-state index contributed by atoms with van der Waals surface area (Å²) in [5.41, 5.74) is 0.823. The Kier molecular flexibility index (Phi) is 3.27. The summed E-state index contributed by atoms with van der Waals surface area (Å²) in [5.74, 6) is -0.554. The van der Waals surface area contributed by atoms with Crippen LogP contribution >= 0.6 is 0 Å². The van der Waals surface area contributed by atoms with E-state index in [-0.39, 0.29) is 17.1 Å². The maximum atomic E-state index is 11.9. The first-order valence-corrected chi connectivity index (χ1v) is 6.95. The molecule has 0 amide bonds. The average Bonchev–Trinajstić information content (AvgIpc) is 2.38. The Bertz CT molecular complexity index is 583. The minimum atomic E-state index is -3.55. The monoisotopic (exact) mass is 270 g/mol. The molecule has 0 bridgehead atoms. The van der Waals surface area contributed by atoms with Crippen LogP contribution in [-0.2, 0) is 14.8 Å². The van der Waals surface area contributed by atoms with Crippen molar-refractivity contribution in [2.75, 3.05) is 25.2 Å². The molecule has 0 aliphatic carbocycles. The number of fused-ring (bicyclic) bond motifs is 1. The SMILES string of the molecule is CCN1CNS(=O)(=O)c2cc(C(=O)OC)ccc21. The van der Waals surface area contributed by atoms with Crippen LogP contribution in [0.1, 0.15) is 17.3 Å².